The van der Waals surface area contributed by atoms with Crippen molar-refractivity contribution in [2.24, 2.45) is 10.2 Å². The van der Waals surface area contributed by atoms with E-state index < -0.39 is 0 Å². The van der Waals surface area contributed by atoms with E-state index in [1.54, 1.807) is 38.5 Å². The molecule has 0 aliphatic heterocycles. The third-order valence-corrected chi connectivity index (χ3v) is 5.51. The quantitative estimate of drug-likeness (QED) is 0.318. The summed E-state index contributed by atoms with van der Waals surface area (Å²) in [4.78, 5) is 25.1. The Kier molecular flexibility index (Phi) is 9.33. The van der Waals surface area contributed by atoms with Gasteiger partial charge in [0.25, 0.3) is 11.8 Å². The molecule has 8 heteroatoms. The summed E-state index contributed by atoms with van der Waals surface area (Å²) in [6.45, 7) is 3.92. The minimum atomic E-state index is -0.368. The molecule has 0 saturated heterocycles. The molecule has 3 aromatic rings. The summed E-state index contributed by atoms with van der Waals surface area (Å²) in [7, 11) is 3.22. The molecule has 0 unspecified atom stereocenters. The molecule has 2 N–H and O–H groups in total. The Hall–Kier alpha value is -4.46. The lowest BCUT2D eigenvalue weighted by atomic mass is 10.1. The van der Waals surface area contributed by atoms with Crippen molar-refractivity contribution in [1.29, 1.82) is 0 Å². The van der Waals surface area contributed by atoms with Gasteiger partial charge >= 0.3 is 0 Å². The maximum Gasteiger partial charge on any atom is 0.271 e. The first kappa shape index (κ1) is 26.2. The molecule has 186 valence electrons. The van der Waals surface area contributed by atoms with Gasteiger partial charge < -0.3 is 9.47 Å². The number of amides is 2. The normalized spacial score (nSPS) is 11.6. The lowest BCUT2D eigenvalue weighted by molar-refractivity contribution is 0.0943. The molecule has 0 fully saturated rings. The number of benzene rings is 3. The molecule has 3 rings (SSSR count). The zero-order valence-corrected chi connectivity index (χ0v) is 20.9. The summed E-state index contributed by atoms with van der Waals surface area (Å²) >= 11 is 0. The molecule has 0 bridgehead atoms. The van der Waals surface area contributed by atoms with Crippen LogP contribution in [0, 0.1) is 0 Å². The minimum absolute atomic E-state index is 0.368. The summed E-state index contributed by atoms with van der Waals surface area (Å²) in [6.07, 6.45) is 1.28. The Labute approximate surface area is 211 Å². The van der Waals surface area contributed by atoms with E-state index in [9.17, 15) is 9.59 Å². The van der Waals surface area contributed by atoms with Gasteiger partial charge in [0, 0.05) is 11.1 Å². The van der Waals surface area contributed by atoms with Crippen molar-refractivity contribution in [3.63, 3.8) is 0 Å². The average Bonchev–Trinajstić information content (AvgIpc) is 2.94. The van der Waals surface area contributed by atoms with Crippen molar-refractivity contribution in [2.45, 2.75) is 26.7 Å². The van der Waals surface area contributed by atoms with Gasteiger partial charge in [0.05, 0.1) is 25.6 Å². The van der Waals surface area contributed by atoms with Crippen LogP contribution >= 0.6 is 0 Å². The summed E-state index contributed by atoms with van der Waals surface area (Å²) in [6, 6.07) is 21.2. The lowest BCUT2D eigenvalue weighted by Gasteiger charge is -2.08. The van der Waals surface area contributed by atoms with Crippen molar-refractivity contribution >= 4 is 23.2 Å². The molecule has 0 spiro atoms. The van der Waals surface area contributed by atoms with Crippen molar-refractivity contribution < 1.29 is 19.1 Å². The largest absolute Gasteiger partial charge is 0.497 e. The molecule has 0 aliphatic rings. The second-order valence-corrected chi connectivity index (χ2v) is 7.74. The van der Waals surface area contributed by atoms with Crippen molar-refractivity contribution in [1.82, 2.24) is 10.9 Å². The van der Waals surface area contributed by atoms with Gasteiger partial charge in [-0.1, -0.05) is 13.8 Å². The lowest BCUT2D eigenvalue weighted by Crippen LogP contribution is -2.21. The van der Waals surface area contributed by atoms with E-state index in [0.29, 0.717) is 24.0 Å². The van der Waals surface area contributed by atoms with E-state index >= 15 is 0 Å². The number of rotatable bonds is 10. The van der Waals surface area contributed by atoms with E-state index in [0.717, 1.165) is 34.0 Å². The summed E-state index contributed by atoms with van der Waals surface area (Å²) in [5, 5.41) is 8.54. The Balaban J connectivity index is 1.63. The van der Waals surface area contributed by atoms with Crippen molar-refractivity contribution in [2.75, 3.05) is 14.2 Å². The monoisotopic (exact) mass is 486 g/mol. The maximum atomic E-state index is 12.6. The number of hydrogen-bond donors (Lipinski definition) is 2. The fraction of sp³-hybridized carbons (Fsp3) is 0.214. The molecule has 2 amide bonds. The van der Waals surface area contributed by atoms with Crippen LogP contribution in [-0.4, -0.2) is 37.5 Å². The average molecular weight is 487 g/mol. The SMILES string of the molecule is CC/C(=N\NC(=O)c1ccc(C(=O)N/N=C(\CC)c2ccc(OC)cc2)cc1)c1ccc(OC)cc1. The van der Waals surface area contributed by atoms with Crippen LogP contribution in [0.1, 0.15) is 58.5 Å². The fourth-order valence-electron chi connectivity index (χ4n) is 3.40. The van der Waals surface area contributed by atoms with Crippen molar-refractivity contribution in [3.8, 4) is 11.5 Å². The predicted octanol–water partition coefficient (Wildman–Crippen LogP) is 4.79. The van der Waals surface area contributed by atoms with Crippen LogP contribution in [0.4, 0.5) is 0 Å². The third-order valence-electron chi connectivity index (χ3n) is 5.51. The van der Waals surface area contributed by atoms with Gasteiger partial charge in [-0.15, -0.1) is 0 Å². The molecule has 0 aromatic heterocycles. The van der Waals surface area contributed by atoms with E-state index in [1.807, 2.05) is 62.4 Å². The number of hydrazone groups is 2. The highest BCUT2D eigenvalue weighted by Crippen LogP contribution is 2.14. The van der Waals surface area contributed by atoms with Gasteiger partial charge in [0.1, 0.15) is 11.5 Å². The molecule has 8 nitrogen and oxygen atoms in total. The topological polar surface area (TPSA) is 101 Å². The first-order valence-electron chi connectivity index (χ1n) is 11.6. The first-order chi connectivity index (χ1) is 17.5. The maximum absolute atomic E-state index is 12.6. The van der Waals surface area contributed by atoms with Crippen LogP contribution < -0.4 is 20.3 Å². The second kappa shape index (κ2) is 12.9. The summed E-state index contributed by atoms with van der Waals surface area (Å²) in [5.74, 6) is 0.763. The minimum Gasteiger partial charge on any atom is -0.497 e. The van der Waals surface area contributed by atoms with Gasteiger partial charge in [-0.05, 0) is 96.8 Å². The second-order valence-electron chi connectivity index (χ2n) is 7.74. The Morgan fingerprint density at radius 1 is 0.583 bits per heavy atom. The molecule has 0 saturated carbocycles. The zero-order chi connectivity index (χ0) is 25.9. The molecule has 0 heterocycles. The van der Waals surface area contributed by atoms with Crippen LogP contribution in [0.2, 0.25) is 0 Å². The van der Waals surface area contributed by atoms with Gasteiger partial charge in [-0.2, -0.15) is 10.2 Å². The van der Waals surface area contributed by atoms with Gasteiger partial charge in [-0.25, -0.2) is 10.9 Å². The van der Waals surface area contributed by atoms with Gasteiger partial charge in [0.15, 0.2) is 0 Å². The Bertz CT molecular complexity index is 1130. The molecular weight excluding hydrogens is 456 g/mol. The van der Waals surface area contributed by atoms with Crippen LogP contribution in [-0.2, 0) is 0 Å². The smallest absolute Gasteiger partial charge is 0.271 e. The fourth-order valence-corrected chi connectivity index (χ4v) is 3.40. The molecule has 0 radical (unpaired) electrons. The highest BCUT2D eigenvalue weighted by Gasteiger charge is 2.10. The number of hydrogen-bond acceptors (Lipinski definition) is 6. The number of methoxy groups -OCH3 is 2. The van der Waals surface area contributed by atoms with Crippen molar-refractivity contribution in [3.05, 3.63) is 95.1 Å². The highest BCUT2D eigenvalue weighted by molar-refractivity contribution is 6.03. The molecule has 3 aromatic carbocycles. The Morgan fingerprint density at radius 3 is 1.17 bits per heavy atom. The van der Waals surface area contributed by atoms with Crippen LogP contribution in [0.5, 0.6) is 11.5 Å². The third kappa shape index (κ3) is 6.79. The summed E-state index contributed by atoms with van der Waals surface area (Å²) < 4.78 is 10.4. The molecular formula is C28H30N4O4. The van der Waals surface area contributed by atoms with E-state index in [4.69, 9.17) is 9.47 Å². The van der Waals surface area contributed by atoms with E-state index in [-0.39, 0.29) is 11.8 Å². The highest BCUT2D eigenvalue weighted by atomic mass is 16.5. The number of nitrogens with zero attached hydrogens (tertiary/aromatic N) is 2. The first-order valence-corrected chi connectivity index (χ1v) is 11.6. The molecule has 36 heavy (non-hydrogen) atoms. The number of nitrogens with one attached hydrogen (secondary N) is 2. The predicted molar refractivity (Wildman–Crippen MR) is 141 cm³/mol. The van der Waals surface area contributed by atoms with Crippen LogP contribution in [0.3, 0.4) is 0 Å². The van der Waals surface area contributed by atoms with Crippen LogP contribution in [0.15, 0.2) is 83.0 Å². The summed E-state index contributed by atoms with van der Waals surface area (Å²) in [5.41, 5.74) is 9.21. The Morgan fingerprint density at radius 2 is 0.889 bits per heavy atom. The number of ether oxygens (including phenoxy) is 2. The van der Waals surface area contributed by atoms with Crippen LogP contribution in [0.25, 0.3) is 0 Å². The number of carbonyl (C=O) groups excluding carboxylic acids is 2. The van der Waals surface area contributed by atoms with Gasteiger partial charge in [0.2, 0.25) is 0 Å². The van der Waals surface area contributed by atoms with E-state index in [2.05, 4.69) is 21.1 Å². The van der Waals surface area contributed by atoms with Gasteiger partial charge in [-0.3, -0.25) is 9.59 Å². The molecule has 0 atom stereocenters. The van der Waals surface area contributed by atoms with E-state index in [1.165, 1.54) is 0 Å². The molecule has 0 aliphatic carbocycles. The number of carbonyl (C=O) groups is 2. The zero-order valence-electron chi connectivity index (χ0n) is 20.9. The standard InChI is InChI=1S/C28H30N4O4/c1-5-25(19-11-15-23(35-3)16-12-19)29-31-27(33)21-7-9-22(10-8-21)28(34)32-30-26(6-2)20-13-17-24(36-4)18-14-20/h7-18H,5-6H2,1-4H3,(H,31,33)(H,32,34)/b29-25+,30-26+.